The Kier molecular flexibility index (Phi) is 4.40. The lowest BCUT2D eigenvalue weighted by molar-refractivity contribution is -0.134. The smallest absolute Gasteiger partial charge is 0.223 e. The Labute approximate surface area is 165 Å². The minimum atomic E-state index is -0.250. The molecule has 5 rings (SSSR count). The van der Waals surface area contributed by atoms with Gasteiger partial charge in [-0.05, 0) is 31.4 Å². The molecule has 1 amide bonds. The van der Waals surface area contributed by atoms with Crippen LogP contribution >= 0.6 is 11.3 Å². The number of pyridine rings is 1. The van der Waals surface area contributed by atoms with E-state index >= 15 is 0 Å². The van der Waals surface area contributed by atoms with Gasteiger partial charge in [-0.25, -0.2) is 0 Å². The maximum absolute atomic E-state index is 13.7. The van der Waals surface area contributed by atoms with Gasteiger partial charge >= 0.3 is 0 Å². The number of ether oxygens (including phenoxy) is 1. The van der Waals surface area contributed by atoms with Crippen molar-refractivity contribution >= 4 is 27.5 Å². The van der Waals surface area contributed by atoms with E-state index in [0.29, 0.717) is 37.6 Å². The average molecular weight is 400 g/mol. The predicted molar refractivity (Wildman–Crippen MR) is 104 cm³/mol. The Morgan fingerprint density at radius 1 is 1.43 bits per heavy atom. The third-order valence-electron chi connectivity index (χ3n) is 5.57. The van der Waals surface area contributed by atoms with Gasteiger partial charge in [0.2, 0.25) is 5.91 Å². The number of nitrogens with zero attached hydrogens (tertiary/aromatic N) is 4. The summed E-state index contributed by atoms with van der Waals surface area (Å²) in [7, 11) is 0. The maximum atomic E-state index is 13.7. The largest absolute Gasteiger partial charge is 0.381 e. The summed E-state index contributed by atoms with van der Waals surface area (Å²) in [6, 6.07) is 5.44. The molecule has 0 aromatic carbocycles. The van der Waals surface area contributed by atoms with Crippen molar-refractivity contribution in [3.63, 3.8) is 0 Å². The molecule has 146 valence electrons. The zero-order valence-corrected chi connectivity index (χ0v) is 16.4. The van der Waals surface area contributed by atoms with E-state index < -0.39 is 0 Å². The highest BCUT2D eigenvalue weighted by Crippen LogP contribution is 2.34. The van der Waals surface area contributed by atoms with Crippen molar-refractivity contribution in [3.05, 3.63) is 35.2 Å². The van der Waals surface area contributed by atoms with Gasteiger partial charge < -0.3 is 9.64 Å². The summed E-state index contributed by atoms with van der Waals surface area (Å²) >= 11 is 1.09. The number of carbonyl (C=O) groups is 1. The van der Waals surface area contributed by atoms with Crippen molar-refractivity contribution in [2.75, 3.05) is 19.8 Å². The first-order chi connectivity index (χ1) is 13.6. The van der Waals surface area contributed by atoms with Crippen LogP contribution in [0.2, 0.25) is 0 Å². The highest BCUT2D eigenvalue weighted by atomic mass is 32.1. The van der Waals surface area contributed by atoms with Gasteiger partial charge in [0.15, 0.2) is 5.13 Å². The molecule has 5 heterocycles. The van der Waals surface area contributed by atoms with Crippen molar-refractivity contribution in [1.29, 1.82) is 0 Å². The van der Waals surface area contributed by atoms with E-state index in [1.807, 2.05) is 21.7 Å². The zero-order chi connectivity index (χ0) is 19.3. The van der Waals surface area contributed by atoms with Crippen LogP contribution in [0.4, 0.5) is 4.39 Å². The van der Waals surface area contributed by atoms with E-state index in [9.17, 15) is 9.18 Å². The molecule has 2 atom stereocenters. The van der Waals surface area contributed by atoms with E-state index in [2.05, 4.69) is 11.9 Å². The molecule has 3 aromatic heterocycles. The first-order valence-corrected chi connectivity index (χ1v) is 10.4. The maximum Gasteiger partial charge on any atom is 0.223 e. The third-order valence-corrected chi connectivity index (χ3v) is 6.51. The van der Waals surface area contributed by atoms with Crippen molar-refractivity contribution in [3.8, 4) is 11.3 Å². The number of carbonyl (C=O) groups excluding carboxylic acids is 1. The van der Waals surface area contributed by atoms with Gasteiger partial charge in [-0.3, -0.25) is 14.5 Å². The van der Waals surface area contributed by atoms with Crippen LogP contribution in [-0.2, 0) is 16.1 Å². The quantitative estimate of drug-likeness (QED) is 0.674. The van der Waals surface area contributed by atoms with Crippen LogP contribution in [0.1, 0.15) is 31.5 Å². The van der Waals surface area contributed by atoms with Gasteiger partial charge in [0.05, 0.1) is 34.2 Å². The lowest BCUT2D eigenvalue weighted by Gasteiger charge is -2.32. The highest BCUT2D eigenvalue weighted by Gasteiger charge is 2.29. The molecule has 0 saturated carbocycles. The molecule has 2 aliphatic rings. The molecule has 1 saturated heterocycles. The molecule has 0 aliphatic carbocycles. The average Bonchev–Trinajstić information content (AvgIpc) is 3.39. The molecule has 28 heavy (non-hydrogen) atoms. The summed E-state index contributed by atoms with van der Waals surface area (Å²) < 4.78 is 21.9. The summed E-state index contributed by atoms with van der Waals surface area (Å²) in [5.74, 6) is 0.520. The molecule has 1 unspecified atom stereocenters. The number of fused-ring (bicyclic) bond motifs is 2. The van der Waals surface area contributed by atoms with Gasteiger partial charge in [0, 0.05) is 44.0 Å². The number of thiophene rings is 1. The van der Waals surface area contributed by atoms with Crippen LogP contribution in [-0.4, -0.2) is 45.3 Å². The minimum Gasteiger partial charge on any atom is -0.381 e. The van der Waals surface area contributed by atoms with Crippen molar-refractivity contribution in [2.45, 2.75) is 32.4 Å². The van der Waals surface area contributed by atoms with Crippen LogP contribution < -0.4 is 0 Å². The predicted octanol–water partition coefficient (Wildman–Crippen LogP) is 3.63. The second-order valence-electron chi connectivity index (χ2n) is 7.65. The Balaban J connectivity index is 1.43. The number of hydrogen-bond donors (Lipinski definition) is 0. The zero-order valence-electron chi connectivity index (χ0n) is 15.6. The molecule has 2 aliphatic heterocycles. The van der Waals surface area contributed by atoms with E-state index in [1.54, 1.807) is 6.20 Å². The summed E-state index contributed by atoms with van der Waals surface area (Å²) in [4.78, 5) is 18.9. The Hall–Kier alpha value is -2.32. The lowest BCUT2D eigenvalue weighted by Crippen LogP contribution is -2.41. The van der Waals surface area contributed by atoms with Crippen molar-refractivity contribution in [2.24, 2.45) is 5.92 Å². The second-order valence-corrected chi connectivity index (χ2v) is 8.65. The van der Waals surface area contributed by atoms with Crippen LogP contribution in [0, 0.1) is 11.0 Å². The number of amides is 1. The Bertz CT molecular complexity index is 1040. The lowest BCUT2D eigenvalue weighted by atomic mass is 10.0. The monoisotopic (exact) mass is 400 g/mol. The normalized spacial score (nSPS) is 22.0. The fourth-order valence-corrected chi connectivity index (χ4v) is 5.01. The van der Waals surface area contributed by atoms with Crippen LogP contribution in [0.5, 0.6) is 0 Å². The molecule has 1 fully saturated rings. The molecule has 3 aromatic rings. The summed E-state index contributed by atoms with van der Waals surface area (Å²) in [5, 5.41) is 4.52. The molecule has 0 radical (unpaired) electrons. The molecule has 0 N–H and O–H groups in total. The Morgan fingerprint density at radius 2 is 2.32 bits per heavy atom. The molecule has 8 heteroatoms. The Morgan fingerprint density at radius 3 is 3.14 bits per heavy atom. The summed E-state index contributed by atoms with van der Waals surface area (Å²) in [5.41, 5.74) is 3.34. The van der Waals surface area contributed by atoms with Crippen molar-refractivity contribution in [1.82, 2.24) is 19.7 Å². The van der Waals surface area contributed by atoms with Gasteiger partial charge in [-0.1, -0.05) is 0 Å². The standard InChI is InChI=1S/C20H21FN4O2S/c1-12-9-24(19(26)6-13-3-5-27-11-13)10-14-7-16(23-25(12)14)15-2-4-22-17-8-18(21)28-20(15)17/h2,4,7-8,12-13H,3,5-6,9-11H2,1H3/t12-,13?/m0/s1. The molecular weight excluding hydrogens is 379 g/mol. The van der Waals surface area contributed by atoms with E-state index in [-0.39, 0.29) is 17.1 Å². The molecule has 6 nitrogen and oxygen atoms in total. The number of hydrogen-bond acceptors (Lipinski definition) is 5. The van der Waals surface area contributed by atoms with E-state index in [4.69, 9.17) is 9.84 Å². The molecule has 0 bridgehead atoms. The topological polar surface area (TPSA) is 60.3 Å². The number of halogens is 1. The molecule has 0 spiro atoms. The fraction of sp³-hybridized carbons (Fsp3) is 0.450. The number of rotatable bonds is 3. The van der Waals surface area contributed by atoms with Crippen LogP contribution in [0.25, 0.3) is 21.5 Å². The van der Waals surface area contributed by atoms with Gasteiger partial charge in [0.1, 0.15) is 0 Å². The first-order valence-electron chi connectivity index (χ1n) is 9.57. The van der Waals surface area contributed by atoms with Crippen LogP contribution in [0.3, 0.4) is 0 Å². The minimum absolute atomic E-state index is 0.0960. The van der Waals surface area contributed by atoms with Gasteiger partial charge in [-0.15, -0.1) is 11.3 Å². The third kappa shape index (κ3) is 3.10. The van der Waals surface area contributed by atoms with Crippen LogP contribution in [0.15, 0.2) is 24.4 Å². The SMILES string of the molecule is C[C@H]1CN(C(=O)CC2CCOC2)Cc2cc(-c3ccnc4cc(F)sc34)nn21. The second kappa shape index (κ2) is 6.93. The van der Waals surface area contributed by atoms with E-state index in [1.165, 1.54) is 6.07 Å². The summed E-state index contributed by atoms with van der Waals surface area (Å²) in [6.45, 7) is 4.73. The van der Waals surface area contributed by atoms with Gasteiger partial charge in [0.25, 0.3) is 0 Å². The molecular formula is C20H21FN4O2S. The summed E-state index contributed by atoms with van der Waals surface area (Å²) in [6.07, 6.45) is 3.20. The first kappa shape index (κ1) is 17.8. The highest BCUT2D eigenvalue weighted by molar-refractivity contribution is 7.18. The van der Waals surface area contributed by atoms with E-state index in [0.717, 1.165) is 46.0 Å². The van der Waals surface area contributed by atoms with Gasteiger partial charge in [-0.2, -0.15) is 9.49 Å². The number of aromatic nitrogens is 3. The fourth-order valence-electron chi connectivity index (χ4n) is 4.14. The van der Waals surface area contributed by atoms with Crippen molar-refractivity contribution < 1.29 is 13.9 Å².